The number of H-pyrrole nitrogens is 2. The largest absolute Gasteiger partial charge is 0.360 e. The Morgan fingerprint density at radius 2 is 2.00 bits per heavy atom. The Morgan fingerprint density at radius 3 is 2.75 bits per heavy atom. The Balaban J connectivity index is 2.16. The van der Waals surface area contributed by atoms with Gasteiger partial charge in [0, 0.05) is 40.3 Å². The van der Waals surface area contributed by atoms with Gasteiger partial charge in [-0.25, -0.2) is 4.98 Å². The molecule has 0 saturated carbocycles. The lowest BCUT2D eigenvalue weighted by Crippen LogP contribution is -2.29. The molecule has 2 aromatic heterocycles. The van der Waals surface area contributed by atoms with Crippen molar-refractivity contribution in [1.82, 2.24) is 15.0 Å². The molecule has 104 valence electrons. The average Bonchev–Trinajstić information content (AvgIpc) is 3.02. The van der Waals surface area contributed by atoms with Crippen LogP contribution in [0.15, 0.2) is 30.5 Å². The smallest absolute Gasteiger partial charge is 0.113 e. The fraction of sp³-hybridized carbons (Fsp3) is 0.312. The van der Waals surface area contributed by atoms with Crippen molar-refractivity contribution in [3.05, 3.63) is 42.0 Å². The van der Waals surface area contributed by atoms with Gasteiger partial charge < -0.3 is 15.7 Å². The van der Waals surface area contributed by atoms with Crippen molar-refractivity contribution in [2.24, 2.45) is 5.73 Å². The first-order chi connectivity index (χ1) is 9.53. The minimum atomic E-state index is -0.144. The predicted molar refractivity (Wildman–Crippen MR) is 82.7 cm³/mol. The van der Waals surface area contributed by atoms with Crippen LogP contribution >= 0.6 is 0 Å². The maximum Gasteiger partial charge on any atom is 0.113 e. The molecule has 4 nitrogen and oxygen atoms in total. The van der Waals surface area contributed by atoms with Crippen LogP contribution in [0.1, 0.15) is 25.4 Å². The SMILES string of the molecule is Cc1[nH]c(C(C)(C)CN)nc1-c1c[nH]c2ccccc12. The van der Waals surface area contributed by atoms with Crippen LogP contribution < -0.4 is 5.73 Å². The highest BCUT2D eigenvalue weighted by atomic mass is 15.0. The lowest BCUT2D eigenvalue weighted by Gasteiger charge is -2.18. The summed E-state index contributed by atoms with van der Waals surface area (Å²) < 4.78 is 0. The number of nitrogens with one attached hydrogen (secondary N) is 2. The van der Waals surface area contributed by atoms with Crippen molar-refractivity contribution in [2.75, 3.05) is 6.54 Å². The highest BCUT2D eigenvalue weighted by molar-refractivity contribution is 5.95. The minimum Gasteiger partial charge on any atom is -0.360 e. The molecule has 0 spiro atoms. The Bertz CT molecular complexity index is 749. The van der Waals surface area contributed by atoms with Gasteiger partial charge in [-0.15, -0.1) is 0 Å². The summed E-state index contributed by atoms with van der Waals surface area (Å²) in [5.74, 6) is 0.942. The molecule has 4 heteroatoms. The van der Waals surface area contributed by atoms with Crippen LogP contribution in [0.5, 0.6) is 0 Å². The number of imidazole rings is 1. The lowest BCUT2D eigenvalue weighted by molar-refractivity contribution is 0.507. The molecule has 0 amide bonds. The van der Waals surface area contributed by atoms with Gasteiger partial charge in [-0.3, -0.25) is 0 Å². The highest BCUT2D eigenvalue weighted by Crippen LogP contribution is 2.31. The number of nitrogens with two attached hydrogens (primary N) is 1. The Labute approximate surface area is 118 Å². The zero-order chi connectivity index (χ0) is 14.3. The van der Waals surface area contributed by atoms with E-state index in [9.17, 15) is 0 Å². The molecule has 20 heavy (non-hydrogen) atoms. The van der Waals surface area contributed by atoms with Gasteiger partial charge in [0.05, 0.1) is 5.69 Å². The maximum atomic E-state index is 5.84. The Kier molecular flexibility index (Phi) is 2.91. The van der Waals surface area contributed by atoms with E-state index < -0.39 is 0 Å². The zero-order valence-electron chi connectivity index (χ0n) is 12.1. The average molecular weight is 268 g/mol. The number of aromatic nitrogens is 3. The molecule has 0 aliphatic rings. The van der Waals surface area contributed by atoms with Gasteiger partial charge in [0.2, 0.25) is 0 Å². The molecule has 0 fully saturated rings. The minimum absolute atomic E-state index is 0.144. The van der Waals surface area contributed by atoms with Crippen molar-refractivity contribution in [3.8, 4) is 11.3 Å². The first-order valence-electron chi connectivity index (χ1n) is 6.86. The van der Waals surface area contributed by atoms with Crippen molar-refractivity contribution >= 4 is 10.9 Å². The molecule has 0 bridgehead atoms. The molecule has 4 N–H and O–H groups in total. The van der Waals surface area contributed by atoms with Gasteiger partial charge in [0.25, 0.3) is 0 Å². The van der Waals surface area contributed by atoms with E-state index >= 15 is 0 Å². The van der Waals surface area contributed by atoms with E-state index in [0.29, 0.717) is 6.54 Å². The summed E-state index contributed by atoms with van der Waals surface area (Å²) in [5.41, 5.74) is 10.0. The fourth-order valence-electron chi connectivity index (χ4n) is 2.41. The molecule has 2 heterocycles. The third kappa shape index (κ3) is 1.93. The first kappa shape index (κ1) is 12.9. The number of hydrogen-bond acceptors (Lipinski definition) is 2. The third-order valence-corrected chi connectivity index (χ3v) is 3.88. The molecule has 1 aromatic carbocycles. The second-order valence-corrected chi connectivity index (χ2v) is 5.89. The summed E-state index contributed by atoms with van der Waals surface area (Å²) in [4.78, 5) is 11.5. The number of fused-ring (bicyclic) bond motifs is 1. The number of aromatic amines is 2. The van der Waals surface area contributed by atoms with Crippen LogP contribution in [0, 0.1) is 6.92 Å². The van der Waals surface area contributed by atoms with Gasteiger partial charge in [0.15, 0.2) is 0 Å². The number of para-hydroxylation sites is 1. The summed E-state index contributed by atoms with van der Waals surface area (Å²) in [6.45, 7) is 6.82. The predicted octanol–water partition coefficient (Wildman–Crippen LogP) is 3.10. The van der Waals surface area contributed by atoms with E-state index in [1.54, 1.807) is 0 Å². The second kappa shape index (κ2) is 4.49. The van der Waals surface area contributed by atoms with E-state index in [2.05, 4.69) is 42.9 Å². The van der Waals surface area contributed by atoms with Crippen molar-refractivity contribution in [2.45, 2.75) is 26.2 Å². The molecule has 0 radical (unpaired) electrons. The summed E-state index contributed by atoms with van der Waals surface area (Å²) >= 11 is 0. The topological polar surface area (TPSA) is 70.5 Å². The van der Waals surface area contributed by atoms with Crippen LogP contribution in [-0.4, -0.2) is 21.5 Å². The number of hydrogen-bond donors (Lipinski definition) is 3. The fourth-order valence-corrected chi connectivity index (χ4v) is 2.41. The second-order valence-electron chi connectivity index (χ2n) is 5.89. The molecule has 0 unspecified atom stereocenters. The van der Waals surface area contributed by atoms with Crippen LogP contribution in [0.4, 0.5) is 0 Å². The molecule has 3 rings (SSSR count). The normalized spacial score (nSPS) is 12.2. The molecule has 3 aromatic rings. The van der Waals surface area contributed by atoms with Gasteiger partial charge >= 0.3 is 0 Å². The lowest BCUT2D eigenvalue weighted by atomic mass is 9.93. The molecule has 0 saturated heterocycles. The summed E-state index contributed by atoms with van der Waals surface area (Å²) in [5, 5.41) is 1.19. The Morgan fingerprint density at radius 1 is 1.25 bits per heavy atom. The summed E-state index contributed by atoms with van der Waals surface area (Å²) in [6, 6.07) is 8.27. The quantitative estimate of drug-likeness (QED) is 0.683. The maximum absolute atomic E-state index is 5.84. The molecular formula is C16H20N4. The number of rotatable bonds is 3. The molecule has 0 aliphatic heterocycles. The van der Waals surface area contributed by atoms with Crippen LogP contribution in [-0.2, 0) is 5.41 Å². The molecule has 0 aliphatic carbocycles. The van der Waals surface area contributed by atoms with Crippen molar-refractivity contribution < 1.29 is 0 Å². The van der Waals surface area contributed by atoms with Gasteiger partial charge in [-0.1, -0.05) is 32.0 Å². The molecule has 0 atom stereocenters. The van der Waals surface area contributed by atoms with Gasteiger partial charge in [-0.2, -0.15) is 0 Å². The van der Waals surface area contributed by atoms with Crippen LogP contribution in [0.2, 0.25) is 0 Å². The van der Waals surface area contributed by atoms with E-state index in [0.717, 1.165) is 28.3 Å². The number of nitrogens with zero attached hydrogens (tertiary/aromatic N) is 1. The van der Waals surface area contributed by atoms with E-state index in [4.69, 9.17) is 10.7 Å². The van der Waals surface area contributed by atoms with Crippen LogP contribution in [0.3, 0.4) is 0 Å². The monoisotopic (exact) mass is 268 g/mol. The summed E-state index contributed by atoms with van der Waals surface area (Å²) in [6.07, 6.45) is 2.02. The Hall–Kier alpha value is -2.07. The highest BCUT2D eigenvalue weighted by Gasteiger charge is 2.24. The van der Waals surface area contributed by atoms with Crippen molar-refractivity contribution in [1.29, 1.82) is 0 Å². The van der Waals surface area contributed by atoms with Gasteiger partial charge in [-0.05, 0) is 13.0 Å². The third-order valence-electron chi connectivity index (χ3n) is 3.88. The standard InChI is InChI=1S/C16H20N4/c1-10-14(20-15(19-10)16(2,3)9-17)12-8-18-13-7-5-4-6-11(12)13/h4-8,18H,9,17H2,1-3H3,(H,19,20). The van der Waals surface area contributed by atoms with Crippen LogP contribution in [0.25, 0.3) is 22.2 Å². The van der Waals surface area contributed by atoms with Gasteiger partial charge in [0.1, 0.15) is 5.82 Å². The molecular weight excluding hydrogens is 248 g/mol. The zero-order valence-corrected chi connectivity index (χ0v) is 12.1. The van der Waals surface area contributed by atoms with Crippen molar-refractivity contribution in [3.63, 3.8) is 0 Å². The van der Waals surface area contributed by atoms with E-state index in [1.165, 1.54) is 5.39 Å². The van der Waals surface area contributed by atoms with E-state index in [-0.39, 0.29) is 5.41 Å². The number of benzene rings is 1. The first-order valence-corrected chi connectivity index (χ1v) is 6.86. The number of aryl methyl sites for hydroxylation is 1. The van der Waals surface area contributed by atoms with E-state index in [1.807, 2.05) is 18.3 Å². The summed E-state index contributed by atoms with van der Waals surface area (Å²) in [7, 11) is 0.